The number of amides is 3. The first-order chi connectivity index (χ1) is 15.0. The van der Waals surface area contributed by atoms with E-state index < -0.39 is 6.04 Å². The van der Waals surface area contributed by atoms with Gasteiger partial charge in [0.25, 0.3) is 5.91 Å². The fraction of sp³-hybridized carbons (Fsp3) is 0.375. The van der Waals surface area contributed by atoms with E-state index in [0.717, 1.165) is 30.8 Å². The molecule has 0 saturated carbocycles. The molecule has 7 heteroatoms. The molecule has 0 spiro atoms. The van der Waals surface area contributed by atoms with E-state index in [1.165, 1.54) is 5.56 Å². The summed E-state index contributed by atoms with van der Waals surface area (Å²) in [6, 6.07) is 15.8. The molecule has 0 bridgehead atoms. The standard InChI is InChI=1S/C24H26N4O3/c25-20-14-27(13-19(20)16-4-2-1-3-5-16)11-15-6-7-18-17(10-15)12-28(24(18)31)21-8-9-22(29)26-23(21)30/h1-7,10,19-21H,8-9,11-14,25H2,(H,26,29,30)/t19-,20+,21?/m0/s1. The normalized spacial score (nSPS) is 26.3. The van der Waals surface area contributed by atoms with E-state index in [1.807, 2.05) is 18.2 Å². The van der Waals surface area contributed by atoms with E-state index in [2.05, 4.69) is 40.5 Å². The van der Waals surface area contributed by atoms with Crippen LogP contribution in [0.25, 0.3) is 0 Å². The van der Waals surface area contributed by atoms with Crippen LogP contribution in [0.4, 0.5) is 0 Å². The van der Waals surface area contributed by atoms with Gasteiger partial charge in [-0.25, -0.2) is 0 Å². The van der Waals surface area contributed by atoms with E-state index in [-0.39, 0.29) is 30.2 Å². The quantitative estimate of drug-likeness (QED) is 0.732. The Hall–Kier alpha value is -3.03. The Morgan fingerprint density at radius 2 is 1.84 bits per heavy atom. The van der Waals surface area contributed by atoms with Crippen LogP contribution >= 0.6 is 0 Å². The van der Waals surface area contributed by atoms with Crippen LogP contribution < -0.4 is 11.1 Å². The van der Waals surface area contributed by atoms with Gasteiger partial charge in [-0.05, 0) is 29.2 Å². The molecule has 0 aromatic heterocycles. The molecule has 3 N–H and O–H groups in total. The number of imide groups is 1. The average Bonchev–Trinajstić information content (AvgIpc) is 3.28. The van der Waals surface area contributed by atoms with Gasteiger partial charge in [-0.2, -0.15) is 0 Å². The van der Waals surface area contributed by atoms with Crippen molar-refractivity contribution in [2.75, 3.05) is 13.1 Å². The van der Waals surface area contributed by atoms with Gasteiger partial charge in [-0.3, -0.25) is 24.6 Å². The summed E-state index contributed by atoms with van der Waals surface area (Å²) >= 11 is 0. The van der Waals surface area contributed by atoms with E-state index in [9.17, 15) is 14.4 Å². The second-order valence-electron chi connectivity index (χ2n) is 8.77. The smallest absolute Gasteiger partial charge is 0.255 e. The number of carbonyl (C=O) groups is 3. The highest BCUT2D eigenvalue weighted by atomic mass is 16.2. The molecule has 0 radical (unpaired) electrons. The number of carbonyl (C=O) groups excluding carboxylic acids is 3. The van der Waals surface area contributed by atoms with Gasteiger partial charge in [0.05, 0.1) is 0 Å². The van der Waals surface area contributed by atoms with E-state index in [4.69, 9.17) is 5.73 Å². The Balaban J connectivity index is 1.28. The van der Waals surface area contributed by atoms with Crippen LogP contribution in [0.1, 0.15) is 45.8 Å². The molecule has 1 unspecified atom stereocenters. The Bertz CT molecular complexity index is 1040. The van der Waals surface area contributed by atoms with Crippen LogP contribution in [0.5, 0.6) is 0 Å². The van der Waals surface area contributed by atoms with Gasteiger partial charge in [-0.1, -0.05) is 42.5 Å². The third-order valence-corrected chi connectivity index (χ3v) is 6.66. The molecule has 5 rings (SSSR count). The van der Waals surface area contributed by atoms with Gasteiger partial charge in [0, 0.05) is 50.1 Å². The van der Waals surface area contributed by atoms with Crippen LogP contribution in [0.2, 0.25) is 0 Å². The molecule has 160 valence electrons. The van der Waals surface area contributed by atoms with Gasteiger partial charge < -0.3 is 10.6 Å². The van der Waals surface area contributed by atoms with E-state index in [0.29, 0.717) is 24.4 Å². The summed E-state index contributed by atoms with van der Waals surface area (Å²) in [6.07, 6.45) is 0.642. The van der Waals surface area contributed by atoms with Crippen molar-refractivity contribution in [2.24, 2.45) is 5.73 Å². The highest BCUT2D eigenvalue weighted by Gasteiger charge is 2.39. The number of piperidine rings is 1. The Morgan fingerprint density at radius 1 is 1.03 bits per heavy atom. The van der Waals surface area contributed by atoms with Crippen molar-refractivity contribution in [3.8, 4) is 0 Å². The molecule has 2 aromatic carbocycles. The number of rotatable bonds is 4. The lowest BCUT2D eigenvalue weighted by molar-refractivity contribution is -0.136. The fourth-order valence-electron chi connectivity index (χ4n) is 5.08. The number of nitrogens with one attached hydrogen (secondary N) is 1. The molecule has 2 aromatic rings. The number of fused-ring (bicyclic) bond motifs is 1. The zero-order valence-corrected chi connectivity index (χ0v) is 17.3. The second-order valence-corrected chi connectivity index (χ2v) is 8.77. The number of benzene rings is 2. The van der Waals surface area contributed by atoms with Crippen molar-refractivity contribution in [2.45, 2.75) is 43.9 Å². The maximum Gasteiger partial charge on any atom is 0.255 e. The van der Waals surface area contributed by atoms with Crippen LogP contribution in [0.15, 0.2) is 48.5 Å². The van der Waals surface area contributed by atoms with E-state index in [1.54, 1.807) is 4.90 Å². The van der Waals surface area contributed by atoms with Crippen LogP contribution in [-0.2, 0) is 22.7 Å². The lowest BCUT2D eigenvalue weighted by Crippen LogP contribution is -2.52. The molecule has 2 saturated heterocycles. The Labute approximate surface area is 181 Å². The predicted octanol–water partition coefficient (Wildman–Crippen LogP) is 1.37. The summed E-state index contributed by atoms with van der Waals surface area (Å²) in [4.78, 5) is 40.5. The third kappa shape index (κ3) is 3.75. The van der Waals surface area contributed by atoms with Crippen molar-refractivity contribution in [3.05, 3.63) is 70.8 Å². The first-order valence-corrected chi connectivity index (χ1v) is 10.8. The third-order valence-electron chi connectivity index (χ3n) is 6.66. The number of nitrogens with two attached hydrogens (primary N) is 1. The molecule has 3 heterocycles. The van der Waals surface area contributed by atoms with Gasteiger partial charge in [-0.15, -0.1) is 0 Å². The molecule has 2 fully saturated rings. The van der Waals surface area contributed by atoms with Crippen molar-refractivity contribution in [1.29, 1.82) is 0 Å². The summed E-state index contributed by atoms with van der Waals surface area (Å²) in [6.45, 7) is 2.92. The summed E-state index contributed by atoms with van der Waals surface area (Å²) in [5, 5.41) is 2.34. The predicted molar refractivity (Wildman–Crippen MR) is 115 cm³/mol. The van der Waals surface area contributed by atoms with Gasteiger partial charge in [0.15, 0.2) is 0 Å². The SMILES string of the molecule is N[C@@H]1CN(Cc2ccc3c(c2)CN(C2CCC(=O)NC2=O)C3=O)C[C@H]1c1ccccc1. The topological polar surface area (TPSA) is 95.7 Å². The summed E-state index contributed by atoms with van der Waals surface area (Å²) < 4.78 is 0. The number of hydrogen-bond acceptors (Lipinski definition) is 5. The molecular weight excluding hydrogens is 392 g/mol. The molecule has 3 amide bonds. The van der Waals surface area contributed by atoms with Gasteiger partial charge >= 0.3 is 0 Å². The van der Waals surface area contributed by atoms with Crippen molar-refractivity contribution < 1.29 is 14.4 Å². The minimum absolute atomic E-state index is 0.0985. The molecule has 3 aliphatic heterocycles. The van der Waals surface area contributed by atoms with E-state index >= 15 is 0 Å². The minimum Gasteiger partial charge on any atom is -0.326 e. The molecule has 3 atom stereocenters. The Morgan fingerprint density at radius 3 is 2.61 bits per heavy atom. The maximum absolute atomic E-state index is 12.9. The highest BCUT2D eigenvalue weighted by molar-refractivity contribution is 6.05. The van der Waals surface area contributed by atoms with Crippen molar-refractivity contribution in [3.63, 3.8) is 0 Å². The second kappa shape index (κ2) is 7.90. The lowest BCUT2D eigenvalue weighted by atomic mass is 9.95. The van der Waals surface area contributed by atoms with Gasteiger partial charge in [0.1, 0.15) is 6.04 Å². The number of nitrogens with zero attached hydrogens (tertiary/aromatic N) is 2. The summed E-state index contributed by atoms with van der Waals surface area (Å²) in [5.41, 5.74) is 10.4. The zero-order chi connectivity index (χ0) is 21.5. The monoisotopic (exact) mass is 418 g/mol. The van der Waals surface area contributed by atoms with Crippen LogP contribution in [0.3, 0.4) is 0 Å². The van der Waals surface area contributed by atoms with Gasteiger partial charge in [0.2, 0.25) is 11.8 Å². The zero-order valence-electron chi connectivity index (χ0n) is 17.3. The first kappa shape index (κ1) is 19.9. The molecule has 3 aliphatic rings. The first-order valence-electron chi connectivity index (χ1n) is 10.8. The van der Waals surface area contributed by atoms with Crippen molar-refractivity contribution >= 4 is 17.7 Å². The lowest BCUT2D eigenvalue weighted by Gasteiger charge is -2.29. The summed E-state index contributed by atoms with van der Waals surface area (Å²) in [7, 11) is 0. The molecule has 0 aliphatic carbocycles. The van der Waals surface area contributed by atoms with Crippen LogP contribution in [0, 0.1) is 0 Å². The Kier molecular flexibility index (Phi) is 5.08. The highest BCUT2D eigenvalue weighted by Crippen LogP contribution is 2.30. The summed E-state index contributed by atoms with van der Waals surface area (Å²) in [5.74, 6) is -0.468. The molecule has 31 heavy (non-hydrogen) atoms. The minimum atomic E-state index is -0.579. The molecule has 7 nitrogen and oxygen atoms in total. The number of likely N-dealkylation sites (tertiary alicyclic amines) is 1. The number of hydrogen-bond donors (Lipinski definition) is 2. The van der Waals surface area contributed by atoms with Crippen LogP contribution in [-0.4, -0.2) is 52.7 Å². The average molecular weight is 418 g/mol. The largest absolute Gasteiger partial charge is 0.326 e. The molecular formula is C24H26N4O3. The fourth-order valence-corrected chi connectivity index (χ4v) is 5.08. The van der Waals surface area contributed by atoms with Crippen molar-refractivity contribution in [1.82, 2.24) is 15.1 Å². The maximum atomic E-state index is 12.9.